The minimum atomic E-state index is -0.763. The van der Waals surface area contributed by atoms with Crippen LogP contribution in [0.1, 0.15) is 0 Å². The smallest absolute Gasteiger partial charge is 0.238 e. The highest BCUT2D eigenvalue weighted by molar-refractivity contribution is 5.94. The largest absolute Gasteiger partial charge is 0.325 e. The molecule has 0 spiro atoms. The molecule has 0 saturated heterocycles. The lowest BCUT2D eigenvalue weighted by molar-refractivity contribution is -0.119. The average Bonchev–Trinajstić information content (AvgIpc) is 2.50. The molecule has 2 aromatic carbocycles. The van der Waals surface area contributed by atoms with Crippen LogP contribution in [0.25, 0.3) is 0 Å². The fraction of sp³-hybridized carbons (Fsp3) is 0.176. The van der Waals surface area contributed by atoms with Crippen molar-refractivity contribution in [3.05, 3.63) is 59.9 Å². The zero-order valence-corrected chi connectivity index (χ0v) is 13.4. The van der Waals surface area contributed by atoms with Crippen molar-refractivity contribution in [2.45, 2.75) is 0 Å². The Morgan fingerprint density at radius 2 is 1.56 bits per heavy atom. The van der Waals surface area contributed by atoms with Gasteiger partial charge in [0.1, 0.15) is 17.5 Å². The van der Waals surface area contributed by atoms with Gasteiger partial charge in [0.05, 0.1) is 18.8 Å². The normalized spacial score (nSPS) is 10.6. The van der Waals surface area contributed by atoms with Crippen LogP contribution in [0.15, 0.2) is 42.5 Å². The maximum Gasteiger partial charge on any atom is 0.238 e. The van der Waals surface area contributed by atoms with Crippen molar-refractivity contribution in [3.8, 4) is 0 Å². The first-order chi connectivity index (χ1) is 11.8. The van der Waals surface area contributed by atoms with Gasteiger partial charge in [-0.05, 0) is 37.4 Å². The summed E-state index contributed by atoms with van der Waals surface area (Å²) in [4.78, 5) is 25.1. The Morgan fingerprint density at radius 3 is 2.24 bits per heavy atom. The van der Waals surface area contributed by atoms with E-state index in [0.717, 1.165) is 24.3 Å². The highest BCUT2D eigenvalue weighted by atomic mass is 19.1. The Hall–Kier alpha value is -2.87. The SMILES string of the molecule is CN(CC(=O)Nc1cccc(F)c1)CC(=O)Nc1cc(F)ccc1F. The van der Waals surface area contributed by atoms with Gasteiger partial charge in [0, 0.05) is 11.8 Å². The minimum absolute atomic E-state index is 0.143. The molecule has 0 aromatic heterocycles. The number of hydrogen-bond acceptors (Lipinski definition) is 3. The van der Waals surface area contributed by atoms with Gasteiger partial charge in [-0.2, -0.15) is 0 Å². The fourth-order valence-corrected chi connectivity index (χ4v) is 2.10. The first kappa shape index (κ1) is 18.5. The molecule has 132 valence electrons. The third kappa shape index (κ3) is 5.92. The topological polar surface area (TPSA) is 61.4 Å². The zero-order valence-electron chi connectivity index (χ0n) is 13.4. The predicted molar refractivity (Wildman–Crippen MR) is 87.5 cm³/mol. The van der Waals surface area contributed by atoms with Crippen molar-refractivity contribution in [3.63, 3.8) is 0 Å². The van der Waals surface area contributed by atoms with E-state index < -0.39 is 29.3 Å². The van der Waals surface area contributed by atoms with E-state index >= 15 is 0 Å². The van der Waals surface area contributed by atoms with Crippen molar-refractivity contribution in [2.24, 2.45) is 0 Å². The van der Waals surface area contributed by atoms with Gasteiger partial charge in [0.2, 0.25) is 11.8 Å². The van der Waals surface area contributed by atoms with Crippen molar-refractivity contribution in [1.29, 1.82) is 0 Å². The number of halogens is 3. The van der Waals surface area contributed by atoms with Gasteiger partial charge in [-0.25, -0.2) is 13.2 Å². The number of nitrogens with zero attached hydrogens (tertiary/aromatic N) is 1. The van der Waals surface area contributed by atoms with Crippen LogP contribution in [0.2, 0.25) is 0 Å². The van der Waals surface area contributed by atoms with E-state index in [4.69, 9.17) is 0 Å². The van der Waals surface area contributed by atoms with Gasteiger partial charge in [0.15, 0.2) is 0 Å². The fourth-order valence-electron chi connectivity index (χ4n) is 2.10. The van der Waals surface area contributed by atoms with Crippen LogP contribution in [0.4, 0.5) is 24.5 Å². The van der Waals surface area contributed by atoms with Gasteiger partial charge in [-0.3, -0.25) is 14.5 Å². The second-order valence-corrected chi connectivity index (χ2v) is 5.40. The number of amides is 2. The molecule has 0 unspecified atom stereocenters. The van der Waals surface area contributed by atoms with Gasteiger partial charge < -0.3 is 10.6 Å². The second-order valence-electron chi connectivity index (χ2n) is 5.40. The molecule has 0 aliphatic heterocycles. The summed E-state index contributed by atoms with van der Waals surface area (Å²) < 4.78 is 39.6. The van der Waals surface area contributed by atoms with Crippen LogP contribution in [0, 0.1) is 17.5 Å². The zero-order chi connectivity index (χ0) is 18.4. The van der Waals surface area contributed by atoms with Crippen LogP contribution < -0.4 is 10.6 Å². The molecule has 25 heavy (non-hydrogen) atoms. The number of likely N-dealkylation sites (N-methyl/N-ethyl adjacent to an activating group) is 1. The van der Waals surface area contributed by atoms with Crippen LogP contribution in [0.5, 0.6) is 0 Å². The summed E-state index contributed by atoms with van der Waals surface area (Å²) in [6.45, 7) is -0.359. The molecular weight excluding hydrogens is 335 g/mol. The lowest BCUT2D eigenvalue weighted by Crippen LogP contribution is -2.36. The molecule has 8 heteroatoms. The Bertz CT molecular complexity index is 783. The lowest BCUT2D eigenvalue weighted by atomic mass is 10.3. The molecule has 0 atom stereocenters. The number of rotatable bonds is 6. The highest BCUT2D eigenvalue weighted by Gasteiger charge is 2.13. The lowest BCUT2D eigenvalue weighted by Gasteiger charge is -2.16. The van der Waals surface area contributed by atoms with E-state index in [2.05, 4.69) is 10.6 Å². The summed E-state index contributed by atoms with van der Waals surface area (Å²) in [5, 5.41) is 4.73. The number of anilines is 2. The molecule has 0 aliphatic carbocycles. The maximum absolute atomic E-state index is 13.5. The number of benzene rings is 2. The summed E-state index contributed by atoms with van der Waals surface area (Å²) in [5.74, 6) is -2.98. The second kappa shape index (κ2) is 8.29. The average molecular weight is 351 g/mol. The number of hydrogen-bond donors (Lipinski definition) is 2. The molecular formula is C17H16F3N3O2. The van der Waals surface area contributed by atoms with Gasteiger partial charge in [-0.1, -0.05) is 6.07 Å². The monoisotopic (exact) mass is 351 g/mol. The van der Waals surface area contributed by atoms with E-state index in [0.29, 0.717) is 5.69 Å². The van der Waals surface area contributed by atoms with Crippen molar-refractivity contribution in [1.82, 2.24) is 4.90 Å². The highest BCUT2D eigenvalue weighted by Crippen LogP contribution is 2.15. The Balaban J connectivity index is 1.84. The Labute approximate surface area is 142 Å². The van der Waals surface area contributed by atoms with E-state index in [1.165, 1.54) is 30.1 Å². The molecule has 5 nitrogen and oxygen atoms in total. The Morgan fingerprint density at radius 1 is 0.920 bits per heavy atom. The predicted octanol–water partition coefficient (Wildman–Crippen LogP) is 2.61. The van der Waals surface area contributed by atoms with E-state index in [1.54, 1.807) is 0 Å². The molecule has 0 bridgehead atoms. The number of carbonyl (C=O) groups is 2. The first-order valence-corrected chi connectivity index (χ1v) is 7.32. The molecule has 2 amide bonds. The summed E-state index contributed by atoms with van der Waals surface area (Å²) in [6.07, 6.45) is 0. The van der Waals surface area contributed by atoms with Crippen molar-refractivity contribution >= 4 is 23.2 Å². The summed E-state index contributed by atoms with van der Waals surface area (Å²) in [7, 11) is 1.51. The van der Waals surface area contributed by atoms with Crippen molar-refractivity contribution < 1.29 is 22.8 Å². The van der Waals surface area contributed by atoms with Gasteiger partial charge >= 0.3 is 0 Å². The molecule has 0 aliphatic rings. The molecule has 2 aromatic rings. The quantitative estimate of drug-likeness (QED) is 0.841. The maximum atomic E-state index is 13.5. The molecule has 2 rings (SSSR count). The summed E-state index contributed by atoms with van der Waals surface area (Å²) >= 11 is 0. The standard InChI is InChI=1S/C17H16F3N3O2/c1-23(9-16(24)21-13-4-2-3-11(18)7-13)10-17(25)22-15-8-12(19)5-6-14(15)20/h2-8H,9-10H2,1H3,(H,21,24)(H,22,25). The van der Waals surface area contributed by atoms with Crippen LogP contribution in [-0.2, 0) is 9.59 Å². The van der Waals surface area contributed by atoms with Crippen LogP contribution >= 0.6 is 0 Å². The Kier molecular flexibility index (Phi) is 6.13. The van der Waals surface area contributed by atoms with Gasteiger partial charge in [-0.15, -0.1) is 0 Å². The third-order valence-corrected chi connectivity index (χ3v) is 3.14. The molecule has 0 saturated carbocycles. The van der Waals surface area contributed by atoms with E-state index in [9.17, 15) is 22.8 Å². The van der Waals surface area contributed by atoms with Crippen LogP contribution in [0.3, 0.4) is 0 Å². The minimum Gasteiger partial charge on any atom is -0.325 e. The van der Waals surface area contributed by atoms with Crippen molar-refractivity contribution in [2.75, 3.05) is 30.8 Å². The summed E-state index contributed by atoms with van der Waals surface area (Å²) in [5.41, 5.74) is 0.0206. The number of nitrogens with one attached hydrogen (secondary N) is 2. The molecule has 0 radical (unpaired) electrons. The molecule has 0 heterocycles. The van der Waals surface area contributed by atoms with Crippen LogP contribution in [-0.4, -0.2) is 36.9 Å². The third-order valence-electron chi connectivity index (χ3n) is 3.14. The number of carbonyl (C=O) groups excluding carboxylic acids is 2. The summed E-state index contributed by atoms with van der Waals surface area (Å²) in [6, 6.07) is 8.10. The first-order valence-electron chi connectivity index (χ1n) is 7.32. The molecule has 2 N–H and O–H groups in total. The van der Waals surface area contributed by atoms with E-state index in [-0.39, 0.29) is 18.8 Å². The van der Waals surface area contributed by atoms with Gasteiger partial charge in [0.25, 0.3) is 0 Å². The van der Waals surface area contributed by atoms with E-state index in [1.807, 2.05) is 0 Å². The molecule has 0 fully saturated rings.